The van der Waals surface area contributed by atoms with Crippen molar-refractivity contribution in [2.75, 3.05) is 4.90 Å². The first-order chi connectivity index (χ1) is 18.4. The molecule has 2 aliphatic heterocycles. The lowest BCUT2D eigenvalue weighted by molar-refractivity contribution is 0.595. The highest BCUT2D eigenvalue weighted by Gasteiger charge is 2.48. The number of para-hydroxylation sites is 2. The summed E-state index contributed by atoms with van der Waals surface area (Å²) in [6.07, 6.45) is 3.81. The molecule has 8 rings (SSSR count). The number of rotatable bonds is 1. The summed E-state index contributed by atoms with van der Waals surface area (Å²) < 4.78 is 2.44. The van der Waals surface area contributed by atoms with Gasteiger partial charge in [-0.15, -0.1) is 0 Å². The van der Waals surface area contributed by atoms with E-state index < -0.39 is 0 Å². The Morgan fingerprint density at radius 3 is 1.95 bits per heavy atom. The van der Waals surface area contributed by atoms with E-state index in [1.165, 1.54) is 55.4 Å². The molecule has 0 aliphatic carbocycles. The molecule has 0 fully saturated rings. The molecule has 0 bridgehead atoms. The van der Waals surface area contributed by atoms with Crippen LogP contribution in [-0.4, -0.2) is 14.5 Å². The lowest BCUT2D eigenvalue weighted by Crippen LogP contribution is -2.39. The molecule has 3 aromatic carbocycles. The Bertz CT molecular complexity index is 1920. The van der Waals surface area contributed by atoms with Crippen LogP contribution in [0, 0.1) is 0 Å². The molecule has 4 heteroatoms. The number of anilines is 3. The third kappa shape index (κ3) is 2.50. The Hall–Kier alpha value is -4.44. The Labute approximate surface area is 222 Å². The summed E-state index contributed by atoms with van der Waals surface area (Å²) in [4.78, 5) is 12.3. The lowest BCUT2D eigenvalue weighted by Gasteiger charge is -2.48. The predicted molar refractivity (Wildman–Crippen MR) is 155 cm³/mol. The van der Waals surface area contributed by atoms with Crippen molar-refractivity contribution >= 4 is 39.1 Å². The van der Waals surface area contributed by atoms with Crippen LogP contribution < -0.4 is 4.90 Å². The normalized spacial score (nSPS) is 16.3. The van der Waals surface area contributed by atoms with Gasteiger partial charge in [-0.3, -0.25) is 4.90 Å². The van der Waals surface area contributed by atoms with Crippen LogP contribution in [-0.2, 0) is 10.8 Å². The predicted octanol–water partition coefficient (Wildman–Crippen LogP) is 8.32. The molecule has 0 N–H and O–H groups in total. The Kier molecular flexibility index (Phi) is 4.04. The van der Waals surface area contributed by atoms with Crippen LogP contribution in [0.5, 0.6) is 0 Å². The monoisotopic (exact) mass is 492 g/mol. The summed E-state index contributed by atoms with van der Waals surface area (Å²) in [5.41, 5.74) is 9.47. The smallest absolute Gasteiger partial charge is 0.142 e. The van der Waals surface area contributed by atoms with Gasteiger partial charge in [0.15, 0.2) is 0 Å². The van der Waals surface area contributed by atoms with Crippen LogP contribution in [0.25, 0.3) is 27.5 Å². The number of hydrogen-bond acceptors (Lipinski definition) is 3. The van der Waals surface area contributed by atoms with E-state index in [1.54, 1.807) is 0 Å². The zero-order chi connectivity index (χ0) is 25.8. The number of hydrogen-bond donors (Lipinski definition) is 0. The number of aromatic nitrogens is 3. The molecule has 0 amide bonds. The van der Waals surface area contributed by atoms with E-state index >= 15 is 0 Å². The van der Waals surface area contributed by atoms with Crippen molar-refractivity contribution in [1.29, 1.82) is 0 Å². The van der Waals surface area contributed by atoms with Gasteiger partial charge in [0.2, 0.25) is 0 Å². The average Bonchev–Trinajstić information content (AvgIpc) is 3.27. The molecule has 184 valence electrons. The summed E-state index contributed by atoms with van der Waals surface area (Å²) in [7, 11) is 0. The van der Waals surface area contributed by atoms with E-state index in [1.807, 2.05) is 12.4 Å². The van der Waals surface area contributed by atoms with Crippen molar-refractivity contribution in [3.8, 4) is 5.69 Å². The molecule has 2 aliphatic rings. The lowest BCUT2D eigenvalue weighted by atomic mass is 9.66. The van der Waals surface area contributed by atoms with E-state index in [4.69, 9.17) is 9.97 Å². The van der Waals surface area contributed by atoms with Gasteiger partial charge in [0, 0.05) is 50.8 Å². The van der Waals surface area contributed by atoms with Crippen LogP contribution in [0.1, 0.15) is 49.9 Å². The van der Waals surface area contributed by atoms with Crippen molar-refractivity contribution in [2.45, 2.75) is 38.5 Å². The summed E-state index contributed by atoms with van der Waals surface area (Å²) in [6, 6.07) is 30.6. The molecule has 6 aromatic rings. The molecule has 0 atom stereocenters. The minimum absolute atomic E-state index is 0.237. The Morgan fingerprint density at radius 2 is 1.24 bits per heavy atom. The van der Waals surface area contributed by atoms with Gasteiger partial charge >= 0.3 is 0 Å². The molecule has 0 saturated heterocycles. The summed E-state index contributed by atoms with van der Waals surface area (Å²) in [5.74, 6) is 1.96. The molecular weight excluding hydrogens is 464 g/mol. The maximum atomic E-state index is 4.96. The first-order valence-corrected chi connectivity index (χ1v) is 13.3. The van der Waals surface area contributed by atoms with E-state index in [0.29, 0.717) is 0 Å². The average molecular weight is 493 g/mol. The highest BCUT2D eigenvalue weighted by atomic mass is 15.3. The van der Waals surface area contributed by atoms with E-state index in [0.717, 1.165) is 11.6 Å². The second kappa shape index (κ2) is 7.11. The van der Waals surface area contributed by atoms with E-state index in [-0.39, 0.29) is 10.8 Å². The summed E-state index contributed by atoms with van der Waals surface area (Å²) >= 11 is 0. The molecule has 0 radical (unpaired) electrons. The van der Waals surface area contributed by atoms with Gasteiger partial charge in [0.05, 0.1) is 16.7 Å². The van der Waals surface area contributed by atoms with Gasteiger partial charge in [-0.05, 0) is 47.5 Å². The first-order valence-electron chi connectivity index (χ1n) is 13.3. The fourth-order valence-corrected chi connectivity index (χ4v) is 7.01. The van der Waals surface area contributed by atoms with Gasteiger partial charge in [0.25, 0.3) is 0 Å². The number of nitrogens with zero attached hydrogens (tertiary/aromatic N) is 4. The minimum atomic E-state index is -0.266. The molecule has 38 heavy (non-hydrogen) atoms. The molecule has 4 nitrogen and oxygen atoms in total. The maximum Gasteiger partial charge on any atom is 0.142 e. The minimum Gasteiger partial charge on any atom is -0.309 e. The van der Waals surface area contributed by atoms with E-state index in [2.05, 4.69) is 122 Å². The van der Waals surface area contributed by atoms with Crippen molar-refractivity contribution in [2.24, 2.45) is 0 Å². The quantitative estimate of drug-likeness (QED) is 0.231. The number of fused-ring (bicyclic) bond motifs is 8. The van der Waals surface area contributed by atoms with Crippen molar-refractivity contribution in [1.82, 2.24) is 14.5 Å². The summed E-state index contributed by atoms with van der Waals surface area (Å²) in [5, 5.41) is 2.58. The van der Waals surface area contributed by atoms with E-state index in [9.17, 15) is 0 Å². The third-order valence-electron chi connectivity index (χ3n) is 8.81. The second-order valence-corrected chi connectivity index (χ2v) is 11.6. The Morgan fingerprint density at radius 1 is 0.605 bits per heavy atom. The van der Waals surface area contributed by atoms with Gasteiger partial charge in [0.1, 0.15) is 11.6 Å². The van der Waals surface area contributed by atoms with Crippen molar-refractivity contribution in [3.63, 3.8) is 0 Å². The highest BCUT2D eigenvalue weighted by molar-refractivity contribution is 6.15. The van der Waals surface area contributed by atoms with Crippen LogP contribution in [0.2, 0.25) is 0 Å². The Balaban J connectivity index is 1.65. The number of pyridine rings is 2. The highest BCUT2D eigenvalue weighted by Crippen LogP contribution is 2.61. The maximum absolute atomic E-state index is 4.96. The van der Waals surface area contributed by atoms with Crippen molar-refractivity contribution in [3.05, 3.63) is 120 Å². The van der Waals surface area contributed by atoms with Gasteiger partial charge in [-0.1, -0.05) is 76.2 Å². The number of benzene rings is 3. The molecule has 0 saturated carbocycles. The summed E-state index contributed by atoms with van der Waals surface area (Å²) in [6.45, 7) is 9.39. The molecular formula is C34H28N4. The molecule has 3 aromatic heterocycles. The van der Waals surface area contributed by atoms with Crippen LogP contribution in [0.4, 0.5) is 17.3 Å². The second-order valence-electron chi connectivity index (χ2n) is 11.6. The third-order valence-corrected chi connectivity index (χ3v) is 8.81. The topological polar surface area (TPSA) is 34.0 Å². The molecule has 5 heterocycles. The standard InChI is InChI=1S/C34H28N4/c1-33(2)23-15-10-18-35-31(23)38-30-25(33)20-27-28(29(30)34(3,4)24-16-11-19-36-32(24)38)22-14-8-9-17-26(22)37(27)21-12-6-5-7-13-21/h5-20H,1-4H3. The van der Waals surface area contributed by atoms with Crippen LogP contribution >= 0.6 is 0 Å². The first kappa shape index (κ1) is 21.6. The zero-order valence-electron chi connectivity index (χ0n) is 22.0. The molecule has 0 spiro atoms. The van der Waals surface area contributed by atoms with Gasteiger partial charge < -0.3 is 4.57 Å². The SMILES string of the molecule is CC1(C)c2cccnc2N2c3ncccc3C(C)(C)c3c2c1cc1c3c2ccccc2n1-c1ccccc1. The fraction of sp³-hybridized carbons (Fsp3) is 0.176. The van der Waals surface area contributed by atoms with Gasteiger partial charge in [-0.2, -0.15) is 0 Å². The molecule has 0 unspecified atom stereocenters. The van der Waals surface area contributed by atoms with Crippen LogP contribution in [0.3, 0.4) is 0 Å². The van der Waals surface area contributed by atoms with Gasteiger partial charge in [-0.25, -0.2) is 9.97 Å². The zero-order valence-corrected chi connectivity index (χ0v) is 22.0. The fourth-order valence-electron chi connectivity index (χ4n) is 7.01. The largest absolute Gasteiger partial charge is 0.309 e. The van der Waals surface area contributed by atoms with Crippen molar-refractivity contribution < 1.29 is 0 Å². The van der Waals surface area contributed by atoms with Crippen LogP contribution in [0.15, 0.2) is 97.3 Å².